The lowest BCUT2D eigenvalue weighted by atomic mass is 10.1. The molecule has 0 radical (unpaired) electrons. The molecular weight excluding hydrogens is 242 g/mol. The summed E-state index contributed by atoms with van der Waals surface area (Å²) in [5.74, 6) is 0.202. The predicted molar refractivity (Wildman–Crippen MR) is 74.8 cm³/mol. The second kappa shape index (κ2) is 4.88. The van der Waals surface area contributed by atoms with Crippen LogP contribution < -0.4 is 5.32 Å². The van der Waals surface area contributed by atoms with Crippen molar-refractivity contribution in [3.05, 3.63) is 64.4 Å². The van der Waals surface area contributed by atoms with E-state index < -0.39 is 0 Å². The van der Waals surface area contributed by atoms with Crippen LogP contribution in [0, 0.1) is 0 Å². The van der Waals surface area contributed by atoms with Crippen LogP contribution in [0.5, 0.6) is 0 Å². The largest absolute Gasteiger partial charge is 0.297 e. The highest BCUT2D eigenvalue weighted by Crippen LogP contribution is 2.21. The number of benzene rings is 1. The highest BCUT2D eigenvalue weighted by Gasteiger charge is 2.40. The Bertz CT molecular complexity index is 559. The molecule has 3 rings (SSSR count). The minimum Gasteiger partial charge on any atom is -0.297 e. The van der Waals surface area contributed by atoms with Gasteiger partial charge in [0.05, 0.1) is 10.9 Å². The van der Waals surface area contributed by atoms with Crippen LogP contribution in [-0.4, -0.2) is 17.9 Å². The molecule has 90 valence electrons. The van der Waals surface area contributed by atoms with Crippen LogP contribution >= 0.6 is 11.3 Å². The van der Waals surface area contributed by atoms with Crippen LogP contribution in [0.2, 0.25) is 0 Å². The topological polar surface area (TPSA) is 39.0 Å². The lowest BCUT2D eigenvalue weighted by Crippen LogP contribution is -2.08. The molecule has 1 aliphatic heterocycles. The molecule has 1 aromatic carbocycles. The summed E-state index contributed by atoms with van der Waals surface area (Å²) in [7, 11) is 0. The Morgan fingerprint density at radius 3 is 2.72 bits per heavy atom. The van der Waals surface area contributed by atoms with Crippen LogP contribution in [0.15, 0.2) is 53.9 Å². The normalized spacial score (nSPS) is 22.2. The summed E-state index contributed by atoms with van der Waals surface area (Å²) < 4.78 is 0. The summed E-state index contributed by atoms with van der Waals surface area (Å²) in [5.41, 5.74) is 1.16. The Hall–Kier alpha value is -1.71. The van der Waals surface area contributed by atoms with E-state index in [1.165, 1.54) is 11.3 Å². The molecule has 1 aliphatic rings. The lowest BCUT2D eigenvalue weighted by molar-refractivity contribution is 0.0993. The van der Waals surface area contributed by atoms with Crippen LogP contribution in [0.1, 0.15) is 15.2 Å². The summed E-state index contributed by atoms with van der Waals surface area (Å²) in [5, 5.41) is 5.13. The fourth-order valence-electron chi connectivity index (χ4n) is 1.91. The Morgan fingerprint density at radius 1 is 1.17 bits per heavy atom. The van der Waals surface area contributed by atoms with Crippen LogP contribution in [-0.2, 0) is 0 Å². The molecule has 1 N–H and O–H groups in total. The van der Waals surface area contributed by atoms with Crippen molar-refractivity contribution in [2.75, 3.05) is 0 Å². The first-order chi connectivity index (χ1) is 8.84. The molecular formula is C15H13NOS. The summed E-state index contributed by atoms with van der Waals surface area (Å²) in [4.78, 5) is 12.8. The maximum absolute atomic E-state index is 12.0. The van der Waals surface area contributed by atoms with Gasteiger partial charge in [-0.1, -0.05) is 48.6 Å². The minimum atomic E-state index is -0.0383. The number of nitrogens with one attached hydrogen (secondary N) is 1. The summed E-state index contributed by atoms with van der Waals surface area (Å²) >= 11 is 1.50. The smallest absolute Gasteiger partial charge is 0.191 e. The Balaban J connectivity index is 1.62. The average molecular weight is 255 g/mol. The molecule has 0 bridgehead atoms. The van der Waals surface area contributed by atoms with Gasteiger partial charge in [-0.15, -0.1) is 11.3 Å². The quantitative estimate of drug-likeness (QED) is 0.674. The summed E-state index contributed by atoms with van der Waals surface area (Å²) in [6, 6.07) is 14.0. The van der Waals surface area contributed by atoms with Crippen LogP contribution in [0.3, 0.4) is 0 Å². The third-order valence-corrected chi connectivity index (χ3v) is 3.85. The van der Waals surface area contributed by atoms with Gasteiger partial charge in [0.25, 0.3) is 0 Å². The van der Waals surface area contributed by atoms with Crippen molar-refractivity contribution in [2.24, 2.45) is 0 Å². The van der Waals surface area contributed by atoms with E-state index in [2.05, 4.69) is 29.6 Å². The van der Waals surface area contributed by atoms with Gasteiger partial charge in [-0.2, -0.15) is 0 Å². The Labute approximate surface area is 110 Å². The van der Waals surface area contributed by atoms with Gasteiger partial charge in [0.2, 0.25) is 0 Å². The minimum absolute atomic E-state index is 0.0383. The van der Waals surface area contributed by atoms with Gasteiger partial charge in [0.1, 0.15) is 0 Å². The van der Waals surface area contributed by atoms with Gasteiger partial charge in [0.15, 0.2) is 5.78 Å². The standard InChI is InChI=1S/C15H13NOS/c17-15(13-7-4-10-18-13)14-12(16-14)9-8-11-5-2-1-3-6-11/h1-10,12,14,16H/b9-8+/t12-,14-/m1/s1. The first-order valence-electron chi connectivity index (χ1n) is 5.91. The van der Waals surface area contributed by atoms with Gasteiger partial charge >= 0.3 is 0 Å². The van der Waals surface area contributed by atoms with Crippen molar-refractivity contribution in [1.29, 1.82) is 0 Å². The van der Waals surface area contributed by atoms with E-state index in [0.717, 1.165) is 10.4 Å². The predicted octanol–water partition coefficient (Wildman–Crippen LogP) is 2.98. The molecule has 1 fully saturated rings. The Morgan fingerprint density at radius 2 is 2.00 bits per heavy atom. The zero-order valence-electron chi connectivity index (χ0n) is 9.74. The third kappa shape index (κ3) is 2.42. The Kier molecular flexibility index (Phi) is 3.09. The van der Waals surface area contributed by atoms with E-state index in [1.807, 2.05) is 35.7 Å². The first-order valence-corrected chi connectivity index (χ1v) is 6.79. The van der Waals surface area contributed by atoms with Gasteiger partial charge in [-0.25, -0.2) is 0 Å². The number of carbonyl (C=O) groups excluding carboxylic acids is 1. The molecule has 2 nitrogen and oxygen atoms in total. The molecule has 0 saturated carbocycles. The average Bonchev–Trinajstić information content (AvgIpc) is 2.98. The van der Waals surface area contributed by atoms with Crippen molar-refractivity contribution in [3.63, 3.8) is 0 Å². The second-order valence-corrected chi connectivity index (χ2v) is 5.23. The number of hydrogen-bond acceptors (Lipinski definition) is 3. The molecule has 0 amide bonds. The first kappa shape index (κ1) is 11.4. The van der Waals surface area contributed by atoms with E-state index >= 15 is 0 Å². The fourth-order valence-corrected chi connectivity index (χ4v) is 2.61. The summed E-state index contributed by atoms with van der Waals surface area (Å²) in [6.07, 6.45) is 4.12. The maximum atomic E-state index is 12.0. The van der Waals surface area contributed by atoms with Crippen molar-refractivity contribution < 1.29 is 4.79 Å². The number of thiophene rings is 1. The number of rotatable bonds is 4. The maximum Gasteiger partial charge on any atom is 0.191 e. The lowest BCUT2D eigenvalue weighted by Gasteiger charge is -1.92. The monoisotopic (exact) mass is 255 g/mol. The molecule has 18 heavy (non-hydrogen) atoms. The van der Waals surface area contributed by atoms with E-state index in [9.17, 15) is 4.79 Å². The van der Waals surface area contributed by atoms with Crippen molar-refractivity contribution >= 4 is 23.2 Å². The van der Waals surface area contributed by atoms with Crippen molar-refractivity contribution in [1.82, 2.24) is 5.32 Å². The highest BCUT2D eigenvalue weighted by molar-refractivity contribution is 7.12. The number of Topliss-reactive ketones (excluding diaryl/α,β-unsaturated/α-hetero) is 1. The number of hydrogen-bond donors (Lipinski definition) is 1. The molecule has 3 heteroatoms. The van der Waals surface area contributed by atoms with Gasteiger partial charge in [-0.3, -0.25) is 10.1 Å². The van der Waals surface area contributed by atoms with Crippen LogP contribution in [0.4, 0.5) is 0 Å². The molecule has 2 aromatic rings. The highest BCUT2D eigenvalue weighted by atomic mass is 32.1. The molecule has 2 heterocycles. The molecule has 1 saturated heterocycles. The van der Waals surface area contributed by atoms with Gasteiger partial charge < -0.3 is 0 Å². The third-order valence-electron chi connectivity index (χ3n) is 2.96. The van der Waals surface area contributed by atoms with E-state index in [4.69, 9.17) is 0 Å². The molecule has 0 spiro atoms. The molecule has 0 aliphatic carbocycles. The fraction of sp³-hybridized carbons (Fsp3) is 0.133. The van der Waals surface area contributed by atoms with E-state index in [-0.39, 0.29) is 17.9 Å². The molecule has 0 unspecified atom stereocenters. The van der Waals surface area contributed by atoms with Gasteiger partial charge in [-0.05, 0) is 17.0 Å². The van der Waals surface area contributed by atoms with Crippen molar-refractivity contribution in [3.8, 4) is 0 Å². The van der Waals surface area contributed by atoms with Crippen LogP contribution in [0.25, 0.3) is 6.08 Å². The number of carbonyl (C=O) groups is 1. The SMILES string of the molecule is O=C(c1cccs1)[C@@H]1N[C@@H]1/C=C/c1ccccc1. The zero-order chi connectivity index (χ0) is 12.4. The van der Waals surface area contributed by atoms with E-state index in [1.54, 1.807) is 0 Å². The number of ketones is 1. The molecule has 1 aromatic heterocycles. The van der Waals surface area contributed by atoms with E-state index in [0.29, 0.717) is 0 Å². The zero-order valence-corrected chi connectivity index (χ0v) is 10.6. The second-order valence-electron chi connectivity index (χ2n) is 4.28. The molecule has 2 atom stereocenters. The van der Waals surface area contributed by atoms with Gasteiger partial charge in [0, 0.05) is 6.04 Å². The summed E-state index contributed by atoms with van der Waals surface area (Å²) in [6.45, 7) is 0. The van der Waals surface area contributed by atoms with Crippen molar-refractivity contribution in [2.45, 2.75) is 12.1 Å².